The summed E-state index contributed by atoms with van der Waals surface area (Å²) in [6, 6.07) is 13.4. The molecular weight excluding hydrogens is 296 g/mol. The number of nitrogens with zero attached hydrogens (tertiary/aromatic N) is 2. The van der Waals surface area contributed by atoms with Crippen molar-refractivity contribution in [3.8, 4) is 17.1 Å². The van der Waals surface area contributed by atoms with E-state index in [0.717, 1.165) is 34.2 Å². The van der Waals surface area contributed by atoms with Crippen LogP contribution in [0.1, 0.15) is 37.4 Å². The maximum absolute atomic E-state index is 10.2. The highest BCUT2D eigenvalue weighted by molar-refractivity contribution is 5.84. The Morgan fingerprint density at radius 3 is 2.62 bits per heavy atom. The lowest BCUT2D eigenvalue weighted by atomic mass is 9.95. The van der Waals surface area contributed by atoms with Crippen LogP contribution in [0.2, 0.25) is 0 Å². The normalized spacial score (nSPS) is 12.3. The summed E-state index contributed by atoms with van der Waals surface area (Å²) in [6.07, 6.45) is 0.875. The first-order valence-electron chi connectivity index (χ1n) is 8.16. The molecule has 0 saturated heterocycles. The van der Waals surface area contributed by atoms with Crippen LogP contribution >= 0.6 is 0 Å². The number of phenolic OH excluding ortho intramolecular Hbond substituents is 1. The first-order chi connectivity index (χ1) is 11.5. The van der Waals surface area contributed by atoms with Crippen molar-refractivity contribution in [1.29, 1.82) is 0 Å². The van der Waals surface area contributed by atoms with E-state index >= 15 is 0 Å². The minimum atomic E-state index is 0.197. The maximum Gasteiger partial charge on any atom is 0.163 e. The van der Waals surface area contributed by atoms with Crippen molar-refractivity contribution in [1.82, 2.24) is 9.97 Å². The van der Waals surface area contributed by atoms with Gasteiger partial charge in [-0.2, -0.15) is 0 Å². The van der Waals surface area contributed by atoms with Crippen LogP contribution in [0.3, 0.4) is 0 Å². The first-order valence-corrected chi connectivity index (χ1v) is 8.16. The number of phenols is 1. The highest BCUT2D eigenvalue weighted by Crippen LogP contribution is 2.32. The smallest absolute Gasteiger partial charge is 0.163 e. The molecule has 0 amide bonds. The molecule has 3 heteroatoms. The van der Waals surface area contributed by atoms with E-state index in [4.69, 9.17) is 9.97 Å². The Hall–Kier alpha value is -2.68. The number of fused-ring (bicyclic) bond motifs is 1. The molecule has 122 valence electrons. The fourth-order valence-corrected chi connectivity index (χ4v) is 3.04. The van der Waals surface area contributed by atoms with E-state index < -0.39 is 0 Å². The van der Waals surface area contributed by atoms with Crippen molar-refractivity contribution in [3.63, 3.8) is 0 Å². The van der Waals surface area contributed by atoms with Crippen molar-refractivity contribution in [2.45, 2.75) is 33.1 Å². The van der Waals surface area contributed by atoms with E-state index in [1.807, 2.05) is 19.1 Å². The van der Waals surface area contributed by atoms with Crippen molar-refractivity contribution < 1.29 is 5.11 Å². The Bertz CT molecular complexity index is 915. The van der Waals surface area contributed by atoms with E-state index in [2.05, 4.69) is 38.6 Å². The minimum Gasteiger partial charge on any atom is -0.507 e. The number of rotatable bonds is 4. The summed E-state index contributed by atoms with van der Waals surface area (Å²) in [5.74, 6) is 0.998. The second-order valence-electron chi connectivity index (χ2n) is 6.53. The summed E-state index contributed by atoms with van der Waals surface area (Å²) < 4.78 is 0. The molecule has 1 heterocycles. The van der Waals surface area contributed by atoms with Crippen LogP contribution in [0.25, 0.3) is 22.3 Å². The molecule has 0 aliphatic rings. The zero-order valence-electron chi connectivity index (χ0n) is 14.4. The van der Waals surface area contributed by atoms with Crippen molar-refractivity contribution in [3.05, 3.63) is 65.9 Å². The molecule has 1 aromatic heterocycles. The van der Waals surface area contributed by atoms with Crippen LogP contribution in [0.5, 0.6) is 5.75 Å². The fraction of sp³-hybridized carbons (Fsp3) is 0.238. The zero-order chi connectivity index (χ0) is 17.3. The van der Waals surface area contributed by atoms with Crippen LogP contribution in [0.4, 0.5) is 0 Å². The lowest BCUT2D eigenvalue weighted by molar-refractivity contribution is 0.477. The second-order valence-corrected chi connectivity index (χ2v) is 6.53. The Labute approximate surface area is 142 Å². The minimum absolute atomic E-state index is 0.197. The van der Waals surface area contributed by atoms with Gasteiger partial charge >= 0.3 is 0 Å². The van der Waals surface area contributed by atoms with Gasteiger partial charge in [-0.25, -0.2) is 9.97 Å². The number of aryl methyl sites for hydroxylation is 1. The standard InChI is InChI=1S/C21H22N2O/c1-13(2)11-15(4)20-16-10-9-14(3)12-18(16)22-21(23-20)17-7-5-6-8-19(17)24/h5-10,12,15,24H,1,11H2,2-4H3. The molecule has 24 heavy (non-hydrogen) atoms. The van der Waals surface area contributed by atoms with Crippen LogP contribution < -0.4 is 0 Å². The van der Waals surface area contributed by atoms with Crippen molar-refractivity contribution >= 4 is 10.9 Å². The lowest BCUT2D eigenvalue weighted by Gasteiger charge is -2.16. The van der Waals surface area contributed by atoms with E-state index in [1.165, 1.54) is 0 Å². The summed E-state index contributed by atoms with van der Waals surface area (Å²) in [7, 11) is 0. The van der Waals surface area contributed by atoms with Gasteiger partial charge in [0.15, 0.2) is 5.82 Å². The monoisotopic (exact) mass is 318 g/mol. The van der Waals surface area contributed by atoms with Crippen LogP contribution in [-0.4, -0.2) is 15.1 Å². The predicted molar refractivity (Wildman–Crippen MR) is 99.2 cm³/mol. The lowest BCUT2D eigenvalue weighted by Crippen LogP contribution is -2.03. The van der Waals surface area contributed by atoms with Crippen molar-refractivity contribution in [2.75, 3.05) is 0 Å². The molecule has 1 N–H and O–H groups in total. The Kier molecular flexibility index (Phi) is 4.34. The molecule has 1 unspecified atom stereocenters. The van der Waals surface area contributed by atoms with Gasteiger partial charge in [0.25, 0.3) is 0 Å². The summed E-state index contributed by atoms with van der Waals surface area (Å²) in [6.45, 7) is 10.3. The third-order valence-corrected chi connectivity index (χ3v) is 4.15. The molecule has 3 aromatic rings. The average Bonchev–Trinajstić information content (AvgIpc) is 2.53. The van der Waals surface area contributed by atoms with E-state index in [1.54, 1.807) is 12.1 Å². The van der Waals surface area contributed by atoms with E-state index in [0.29, 0.717) is 11.4 Å². The number of aromatic nitrogens is 2. The molecule has 0 radical (unpaired) electrons. The molecule has 0 aliphatic carbocycles. The van der Waals surface area contributed by atoms with Crippen molar-refractivity contribution in [2.24, 2.45) is 0 Å². The van der Waals surface area contributed by atoms with Gasteiger partial charge in [-0.1, -0.05) is 36.8 Å². The number of hydrogen-bond acceptors (Lipinski definition) is 3. The van der Waals surface area contributed by atoms with Gasteiger partial charge in [0, 0.05) is 11.3 Å². The molecule has 0 spiro atoms. The van der Waals surface area contributed by atoms with Gasteiger partial charge in [-0.15, -0.1) is 6.58 Å². The average molecular weight is 318 g/mol. The van der Waals surface area contributed by atoms with Gasteiger partial charge < -0.3 is 5.11 Å². The van der Waals surface area contributed by atoms with Crippen LogP contribution in [0.15, 0.2) is 54.6 Å². The summed E-state index contributed by atoms with van der Waals surface area (Å²) >= 11 is 0. The quantitative estimate of drug-likeness (QED) is 0.657. The molecule has 3 rings (SSSR count). The van der Waals surface area contributed by atoms with Gasteiger partial charge in [-0.3, -0.25) is 0 Å². The van der Waals surface area contributed by atoms with Crippen LogP contribution in [-0.2, 0) is 0 Å². The van der Waals surface area contributed by atoms with E-state index in [9.17, 15) is 5.11 Å². The van der Waals surface area contributed by atoms with E-state index in [-0.39, 0.29) is 11.7 Å². The summed E-state index contributed by atoms with van der Waals surface area (Å²) in [4.78, 5) is 9.50. The Morgan fingerprint density at radius 1 is 1.17 bits per heavy atom. The molecule has 3 nitrogen and oxygen atoms in total. The molecule has 1 atom stereocenters. The molecule has 0 aliphatic heterocycles. The molecule has 0 bridgehead atoms. The SMILES string of the molecule is C=C(C)CC(C)c1nc(-c2ccccc2O)nc2cc(C)ccc12. The molecule has 0 fully saturated rings. The maximum atomic E-state index is 10.2. The van der Waals surface area contributed by atoms with Gasteiger partial charge in [0.2, 0.25) is 0 Å². The fourth-order valence-electron chi connectivity index (χ4n) is 3.04. The number of para-hydroxylation sites is 1. The number of aromatic hydroxyl groups is 1. The Morgan fingerprint density at radius 2 is 1.92 bits per heavy atom. The Balaban J connectivity index is 2.25. The third-order valence-electron chi connectivity index (χ3n) is 4.15. The number of allylic oxidation sites excluding steroid dienone is 1. The largest absolute Gasteiger partial charge is 0.507 e. The van der Waals surface area contributed by atoms with Crippen LogP contribution in [0, 0.1) is 6.92 Å². The number of hydrogen-bond donors (Lipinski definition) is 1. The van der Waals surface area contributed by atoms with Gasteiger partial charge in [0.1, 0.15) is 5.75 Å². The molecule has 0 saturated carbocycles. The summed E-state index contributed by atoms with van der Waals surface area (Å²) in [5, 5.41) is 11.2. The summed E-state index contributed by atoms with van der Waals surface area (Å²) in [5.41, 5.74) is 4.85. The topological polar surface area (TPSA) is 46.0 Å². The van der Waals surface area contributed by atoms with Gasteiger partial charge in [-0.05, 0) is 44.0 Å². The zero-order valence-corrected chi connectivity index (χ0v) is 14.4. The number of benzene rings is 2. The third kappa shape index (κ3) is 3.16. The molecular formula is C21H22N2O. The van der Waals surface area contributed by atoms with Gasteiger partial charge in [0.05, 0.1) is 16.8 Å². The second kappa shape index (κ2) is 6.44. The first kappa shape index (κ1) is 16.2. The predicted octanol–water partition coefficient (Wildman–Crippen LogP) is 5.38. The molecule has 2 aromatic carbocycles. The highest BCUT2D eigenvalue weighted by Gasteiger charge is 2.16. The highest BCUT2D eigenvalue weighted by atomic mass is 16.3.